The average molecular weight is 289 g/mol. The van der Waals surface area contributed by atoms with E-state index in [0.29, 0.717) is 25.9 Å². The molecule has 0 radical (unpaired) electrons. The molecule has 1 amide bonds. The lowest BCUT2D eigenvalue weighted by atomic mass is 9.72. The van der Waals surface area contributed by atoms with Crippen molar-refractivity contribution in [1.82, 2.24) is 4.90 Å². The van der Waals surface area contributed by atoms with Crippen molar-refractivity contribution in [3.05, 3.63) is 35.9 Å². The van der Waals surface area contributed by atoms with E-state index in [4.69, 9.17) is 0 Å². The van der Waals surface area contributed by atoms with E-state index in [1.807, 2.05) is 49.1 Å². The van der Waals surface area contributed by atoms with E-state index < -0.39 is 11.4 Å². The van der Waals surface area contributed by atoms with Crippen LogP contribution in [-0.2, 0) is 15.0 Å². The Labute approximate surface area is 125 Å². The number of likely N-dealkylation sites (tertiary alicyclic amines) is 1. The molecule has 1 atom stereocenters. The smallest absolute Gasteiger partial charge is 0.314 e. The number of aliphatic carboxylic acids is 1. The first-order chi connectivity index (χ1) is 10.0. The Morgan fingerprint density at radius 2 is 1.81 bits per heavy atom. The van der Waals surface area contributed by atoms with Gasteiger partial charge in [0.25, 0.3) is 0 Å². The summed E-state index contributed by atoms with van der Waals surface area (Å²) in [5.41, 5.74) is -0.0128. The lowest BCUT2D eigenvalue weighted by molar-refractivity contribution is -0.149. The van der Waals surface area contributed by atoms with Gasteiger partial charge in [-0.25, -0.2) is 0 Å². The number of piperidine rings is 1. The number of amides is 1. The van der Waals surface area contributed by atoms with Gasteiger partial charge < -0.3 is 10.0 Å². The number of benzene rings is 1. The minimum atomic E-state index is -0.854. The van der Waals surface area contributed by atoms with E-state index >= 15 is 0 Å². The number of hydrogen-bond donors (Lipinski definition) is 1. The fraction of sp³-hybridized carbons (Fsp3) is 0.529. The second kappa shape index (κ2) is 6.29. The summed E-state index contributed by atoms with van der Waals surface area (Å²) < 4.78 is 0. The lowest BCUT2D eigenvalue weighted by Gasteiger charge is -2.40. The molecule has 4 nitrogen and oxygen atoms in total. The standard InChI is InChI=1S/C17H23NO3/c1-3-13(2)15(19)18-11-9-17(10-12-18,16(20)21)14-7-5-4-6-8-14/h4-8,13H,3,9-12H2,1-2H3,(H,20,21). The van der Waals surface area contributed by atoms with E-state index in [1.165, 1.54) is 0 Å². The highest BCUT2D eigenvalue weighted by Gasteiger charge is 2.44. The summed E-state index contributed by atoms with van der Waals surface area (Å²) in [6, 6.07) is 9.38. The molecular weight excluding hydrogens is 266 g/mol. The molecule has 0 aliphatic carbocycles. The lowest BCUT2D eigenvalue weighted by Crippen LogP contribution is -2.50. The zero-order valence-corrected chi connectivity index (χ0v) is 12.7. The normalized spacial score (nSPS) is 19.0. The van der Waals surface area contributed by atoms with Gasteiger partial charge in [0, 0.05) is 19.0 Å². The first kappa shape index (κ1) is 15.5. The van der Waals surface area contributed by atoms with Crippen molar-refractivity contribution in [3.63, 3.8) is 0 Å². The zero-order chi connectivity index (χ0) is 15.5. The number of rotatable bonds is 4. The van der Waals surface area contributed by atoms with Crippen molar-refractivity contribution in [2.75, 3.05) is 13.1 Å². The van der Waals surface area contributed by atoms with Crippen LogP contribution in [0.25, 0.3) is 0 Å². The molecule has 4 heteroatoms. The van der Waals surface area contributed by atoms with Crippen LogP contribution in [0, 0.1) is 5.92 Å². The predicted molar refractivity (Wildman–Crippen MR) is 81.0 cm³/mol. The van der Waals surface area contributed by atoms with E-state index in [0.717, 1.165) is 12.0 Å². The minimum Gasteiger partial charge on any atom is -0.481 e. The molecule has 1 aromatic rings. The molecule has 2 rings (SSSR count). The molecule has 1 heterocycles. The molecule has 1 fully saturated rings. The second-order valence-electron chi connectivity index (χ2n) is 5.89. The molecule has 0 spiro atoms. The molecule has 1 saturated heterocycles. The quantitative estimate of drug-likeness (QED) is 0.927. The van der Waals surface area contributed by atoms with Crippen LogP contribution in [0.3, 0.4) is 0 Å². The third-order valence-electron chi connectivity index (χ3n) is 4.70. The molecule has 0 aromatic heterocycles. The van der Waals surface area contributed by atoms with Crippen molar-refractivity contribution in [3.8, 4) is 0 Å². The van der Waals surface area contributed by atoms with Crippen LogP contribution in [0.1, 0.15) is 38.7 Å². The van der Waals surface area contributed by atoms with Gasteiger partial charge >= 0.3 is 5.97 Å². The largest absolute Gasteiger partial charge is 0.481 e. The fourth-order valence-corrected chi connectivity index (χ4v) is 2.98. The number of carbonyl (C=O) groups excluding carboxylic acids is 1. The number of hydrogen-bond acceptors (Lipinski definition) is 2. The van der Waals surface area contributed by atoms with E-state index in [-0.39, 0.29) is 11.8 Å². The van der Waals surface area contributed by atoms with E-state index in [2.05, 4.69) is 0 Å². The van der Waals surface area contributed by atoms with Gasteiger partial charge in [-0.2, -0.15) is 0 Å². The summed E-state index contributed by atoms with van der Waals surface area (Å²) in [4.78, 5) is 25.9. The minimum absolute atomic E-state index is 0.0130. The van der Waals surface area contributed by atoms with Gasteiger partial charge in [-0.1, -0.05) is 44.2 Å². The second-order valence-corrected chi connectivity index (χ2v) is 5.89. The first-order valence-electron chi connectivity index (χ1n) is 7.59. The molecule has 1 unspecified atom stereocenters. The molecule has 21 heavy (non-hydrogen) atoms. The van der Waals surface area contributed by atoms with Crippen LogP contribution in [0.5, 0.6) is 0 Å². The predicted octanol–water partition coefficient (Wildman–Crippen LogP) is 2.68. The zero-order valence-electron chi connectivity index (χ0n) is 12.7. The Hall–Kier alpha value is -1.84. The highest BCUT2D eigenvalue weighted by atomic mass is 16.4. The summed E-state index contributed by atoms with van der Waals surface area (Å²) in [6.07, 6.45) is 1.78. The van der Waals surface area contributed by atoms with Gasteiger partial charge in [0.1, 0.15) is 0 Å². The van der Waals surface area contributed by atoms with Crippen LogP contribution in [0.4, 0.5) is 0 Å². The summed E-state index contributed by atoms with van der Waals surface area (Å²) in [5, 5.41) is 9.72. The summed E-state index contributed by atoms with van der Waals surface area (Å²) in [7, 11) is 0. The van der Waals surface area contributed by atoms with Gasteiger partial charge in [-0.15, -0.1) is 0 Å². The molecule has 0 saturated carbocycles. The van der Waals surface area contributed by atoms with Crippen molar-refractivity contribution in [2.24, 2.45) is 5.92 Å². The number of nitrogens with zero attached hydrogens (tertiary/aromatic N) is 1. The van der Waals surface area contributed by atoms with Crippen LogP contribution >= 0.6 is 0 Å². The highest BCUT2D eigenvalue weighted by Crippen LogP contribution is 2.36. The molecule has 1 aliphatic rings. The van der Waals surface area contributed by atoms with Crippen molar-refractivity contribution >= 4 is 11.9 Å². The van der Waals surface area contributed by atoms with Crippen LogP contribution in [0.15, 0.2) is 30.3 Å². The van der Waals surface area contributed by atoms with Gasteiger partial charge in [0.15, 0.2) is 0 Å². The maximum atomic E-state index is 12.2. The average Bonchev–Trinajstić information content (AvgIpc) is 2.54. The Morgan fingerprint density at radius 1 is 1.24 bits per heavy atom. The number of carboxylic acids is 1. The van der Waals surface area contributed by atoms with Gasteiger partial charge in [-0.3, -0.25) is 9.59 Å². The number of carbonyl (C=O) groups is 2. The maximum absolute atomic E-state index is 12.2. The monoisotopic (exact) mass is 289 g/mol. The molecule has 1 N–H and O–H groups in total. The summed E-state index contributed by atoms with van der Waals surface area (Å²) in [5.74, 6) is -0.632. The van der Waals surface area contributed by atoms with Gasteiger partial charge in [0.2, 0.25) is 5.91 Å². The molecule has 1 aromatic carbocycles. The van der Waals surface area contributed by atoms with E-state index in [1.54, 1.807) is 0 Å². The number of carboxylic acid groups (broad SMARTS) is 1. The third kappa shape index (κ3) is 2.94. The molecule has 0 bridgehead atoms. The van der Waals surface area contributed by atoms with Crippen molar-refractivity contribution in [2.45, 2.75) is 38.5 Å². The molecular formula is C17H23NO3. The third-order valence-corrected chi connectivity index (χ3v) is 4.70. The SMILES string of the molecule is CCC(C)C(=O)N1CCC(C(=O)O)(c2ccccc2)CC1. The first-order valence-corrected chi connectivity index (χ1v) is 7.59. The highest BCUT2D eigenvalue weighted by molar-refractivity contribution is 5.83. The van der Waals surface area contributed by atoms with Crippen molar-refractivity contribution in [1.29, 1.82) is 0 Å². The Bertz CT molecular complexity index is 504. The van der Waals surface area contributed by atoms with Gasteiger partial charge in [0.05, 0.1) is 5.41 Å². The topological polar surface area (TPSA) is 57.6 Å². The summed E-state index contributed by atoms with van der Waals surface area (Å²) >= 11 is 0. The van der Waals surface area contributed by atoms with Crippen LogP contribution in [-0.4, -0.2) is 35.0 Å². The van der Waals surface area contributed by atoms with Gasteiger partial charge in [-0.05, 0) is 24.8 Å². The van der Waals surface area contributed by atoms with Crippen LogP contribution < -0.4 is 0 Å². The fourth-order valence-electron chi connectivity index (χ4n) is 2.98. The van der Waals surface area contributed by atoms with Crippen LogP contribution in [0.2, 0.25) is 0 Å². The molecule has 114 valence electrons. The van der Waals surface area contributed by atoms with Crippen molar-refractivity contribution < 1.29 is 14.7 Å². The van der Waals surface area contributed by atoms with E-state index in [9.17, 15) is 14.7 Å². The Balaban J connectivity index is 2.16. The summed E-state index contributed by atoms with van der Waals surface area (Å²) in [6.45, 7) is 4.96. The Kier molecular flexibility index (Phi) is 4.66. The maximum Gasteiger partial charge on any atom is 0.314 e. The Morgan fingerprint density at radius 3 is 2.29 bits per heavy atom. The molecule has 1 aliphatic heterocycles.